The number of unbranched alkanes of at least 4 members (excludes halogenated alkanes) is 2. The SMILES string of the molecule is NCCCC[C@H](NC(=O)Cc1ccc(Cl)c(Cl)c1)C(=O)N[C@@H](CCCCN)C(=O)N[C@@H](CCN=C(N)N)C(=O)NCC1CCCCC1. The van der Waals surface area contributed by atoms with E-state index in [9.17, 15) is 19.2 Å². The van der Waals surface area contributed by atoms with E-state index in [1.54, 1.807) is 18.2 Å². The molecule has 3 atom stereocenters. The van der Waals surface area contributed by atoms with Gasteiger partial charge in [-0.2, -0.15) is 0 Å². The summed E-state index contributed by atoms with van der Waals surface area (Å²) in [6.45, 7) is 1.50. The molecule has 1 aliphatic rings. The molecule has 0 heterocycles. The average molecular weight is 699 g/mol. The number of nitrogens with zero attached hydrogens (tertiary/aromatic N) is 1. The van der Waals surface area contributed by atoms with Crippen molar-refractivity contribution in [2.24, 2.45) is 33.8 Å². The van der Waals surface area contributed by atoms with Crippen LogP contribution in [0.15, 0.2) is 23.2 Å². The number of carbonyl (C=O) groups is 4. The van der Waals surface area contributed by atoms with Gasteiger partial charge in [0.15, 0.2) is 5.96 Å². The molecule has 0 bridgehead atoms. The van der Waals surface area contributed by atoms with Gasteiger partial charge in [0.2, 0.25) is 23.6 Å². The summed E-state index contributed by atoms with van der Waals surface area (Å²) in [6, 6.07) is 2.06. The summed E-state index contributed by atoms with van der Waals surface area (Å²) in [6.07, 6.45) is 8.75. The van der Waals surface area contributed by atoms with Gasteiger partial charge in [0.05, 0.1) is 16.5 Å². The molecular formula is C32H53Cl2N9O4. The fourth-order valence-electron chi connectivity index (χ4n) is 5.50. The average Bonchev–Trinajstić information content (AvgIpc) is 3.04. The van der Waals surface area contributed by atoms with Crippen molar-refractivity contribution >= 4 is 52.8 Å². The topological polar surface area (TPSA) is 233 Å². The lowest BCUT2D eigenvalue weighted by molar-refractivity contribution is -0.134. The van der Waals surface area contributed by atoms with Crippen molar-refractivity contribution in [3.05, 3.63) is 33.8 Å². The molecule has 264 valence electrons. The van der Waals surface area contributed by atoms with E-state index in [1.165, 1.54) is 6.42 Å². The molecule has 0 aliphatic heterocycles. The third kappa shape index (κ3) is 16.0. The van der Waals surface area contributed by atoms with E-state index in [-0.39, 0.29) is 37.7 Å². The Hall–Kier alpha value is -3.13. The first kappa shape index (κ1) is 40.0. The van der Waals surface area contributed by atoms with Crippen LogP contribution in [0.5, 0.6) is 0 Å². The fraction of sp³-hybridized carbons (Fsp3) is 0.656. The van der Waals surface area contributed by atoms with Gasteiger partial charge in [0.1, 0.15) is 18.1 Å². The van der Waals surface area contributed by atoms with Crippen molar-refractivity contribution in [1.29, 1.82) is 0 Å². The molecule has 0 radical (unpaired) electrons. The molecule has 47 heavy (non-hydrogen) atoms. The van der Waals surface area contributed by atoms with E-state index in [0.717, 1.165) is 25.7 Å². The lowest BCUT2D eigenvalue weighted by Gasteiger charge is -2.26. The zero-order valence-electron chi connectivity index (χ0n) is 27.2. The van der Waals surface area contributed by atoms with E-state index in [0.29, 0.717) is 73.3 Å². The van der Waals surface area contributed by atoms with Gasteiger partial charge >= 0.3 is 0 Å². The Kier molecular flexibility index (Phi) is 19.1. The quantitative estimate of drug-likeness (QED) is 0.0533. The molecular weight excluding hydrogens is 645 g/mol. The molecule has 0 saturated heterocycles. The highest BCUT2D eigenvalue weighted by atomic mass is 35.5. The Labute approximate surface area is 288 Å². The molecule has 1 aromatic carbocycles. The summed E-state index contributed by atoms with van der Waals surface area (Å²) in [4.78, 5) is 57.4. The lowest BCUT2D eigenvalue weighted by atomic mass is 9.89. The number of nitrogens with one attached hydrogen (secondary N) is 4. The highest BCUT2D eigenvalue weighted by Crippen LogP contribution is 2.23. The molecule has 0 unspecified atom stereocenters. The minimum absolute atomic E-state index is 0.0224. The maximum atomic E-state index is 13.6. The van der Waals surface area contributed by atoms with Crippen LogP contribution < -0.4 is 44.2 Å². The number of amides is 4. The van der Waals surface area contributed by atoms with Crippen LogP contribution in [0.4, 0.5) is 0 Å². The van der Waals surface area contributed by atoms with Crippen molar-refractivity contribution in [1.82, 2.24) is 21.3 Å². The van der Waals surface area contributed by atoms with Gasteiger partial charge in [-0.05, 0) is 94.5 Å². The van der Waals surface area contributed by atoms with E-state index in [4.69, 9.17) is 46.1 Å². The predicted octanol–water partition coefficient (Wildman–Crippen LogP) is 1.61. The first-order valence-electron chi connectivity index (χ1n) is 16.6. The number of guanidine groups is 1. The minimum Gasteiger partial charge on any atom is -0.370 e. The van der Waals surface area contributed by atoms with Crippen LogP contribution in [0.25, 0.3) is 0 Å². The Balaban J connectivity index is 2.16. The number of hydrogen-bond acceptors (Lipinski definition) is 7. The van der Waals surface area contributed by atoms with Crippen LogP contribution in [0.3, 0.4) is 0 Å². The number of hydrogen-bond donors (Lipinski definition) is 8. The van der Waals surface area contributed by atoms with Crippen molar-refractivity contribution < 1.29 is 19.2 Å². The third-order valence-electron chi connectivity index (χ3n) is 8.16. The monoisotopic (exact) mass is 697 g/mol. The second kappa shape index (κ2) is 22.4. The standard InChI is InChI=1S/C32H53Cl2N9O4/c33-23-13-12-22(18-24(23)34)19-28(44)41-25(10-4-6-15-35)30(46)42-26(11-5-7-16-36)31(47)43-27(14-17-39-32(37)38)29(45)40-20-21-8-2-1-3-9-21/h12-13,18,21,25-27H,1-11,14-17,19-20,35-36H2,(H,40,45)(H,41,44)(H,42,46)(H,43,47)(H4,37,38,39)/t25-,26-,27-/m0/s1. The number of rotatable bonds is 21. The summed E-state index contributed by atoms with van der Waals surface area (Å²) in [7, 11) is 0. The second-order valence-electron chi connectivity index (χ2n) is 12.1. The zero-order valence-corrected chi connectivity index (χ0v) is 28.7. The van der Waals surface area contributed by atoms with E-state index in [1.807, 2.05) is 0 Å². The van der Waals surface area contributed by atoms with Crippen molar-refractivity contribution in [2.75, 3.05) is 26.2 Å². The van der Waals surface area contributed by atoms with Crippen LogP contribution in [-0.2, 0) is 25.6 Å². The number of benzene rings is 1. The highest BCUT2D eigenvalue weighted by Gasteiger charge is 2.30. The van der Waals surface area contributed by atoms with Crippen LogP contribution in [0.2, 0.25) is 10.0 Å². The molecule has 12 N–H and O–H groups in total. The van der Waals surface area contributed by atoms with Gasteiger partial charge in [-0.15, -0.1) is 0 Å². The van der Waals surface area contributed by atoms with Gasteiger partial charge in [-0.3, -0.25) is 24.2 Å². The van der Waals surface area contributed by atoms with Crippen molar-refractivity contribution in [3.8, 4) is 0 Å². The summed E-state index contributed by atoms with van der Waals surface area (Å²) in [5.74, 6) is -1.50. The second-order valence-corrected chi connectivity index (χ2v) is 12.9. The van der Waals surface area contributed by atoms with Gasteiger partial charge in [0.25, 0.3) is 0 Å². The van der Waals surface area contributed by atoms with Crippen LogP contribution in [-0.4, -0.2) is 73.9 Å². The molecule has 0 aromatic heterocycles. The number of halogens is 2. The first-order chi connectivity index (χ1) is 22.5. The number of aliphatic imine (C=N–C) groups is 1. The highest BCUT2D eigenvalue weighted by molar-refractivity contribution is 6.42. The van der Waals surface area contributed by atoms with Gasteiger partial charge in [0, 0.05) is 13.1 Å². The molecule has 15 heteroatoms. The van der Waals surface area contributed by atoms with Gasteiger partial charge in [-0.1, -0.05) is 48.5 Å². The molecule has 1 fully saturated rings. The summed E-state index contributed by atoms with van der Waals surface area (Å²) in [5.41, 5.74) is 22.9. The molecule has 1 aromatic rings. The molecule has 13 nitrogen and oxygen atoms in total. The molecule has 1 aliphatic carbocycles. The normalized spacial score (nSPS) is 15.1. The van der Waals surface area contributed by atoms with Gasteiger partial charge < -0.3 is 44.2 Å². The summed E-state index contributed by atoms with van der Waals surface area (Å²) in [5, 5.41) is 12.1. The minimum atomic E-state index is -0.977. The van der Waals surface area contributed by atoms with Crippen LogP contribution >= 0.6 is 23.2 Å². The summed E-state index contributed by atoms with van der Waals surface area (Å²) < 4.78 is 0. The Morgan fingerprint density at radius 1 is 0.766 bits per heavy atom. The Morgan fingerprint density at radius 3 is 1.89 bits per heavy atom. The predicted molar refractivity (Wildman–Crippen MR) is 187 cm³/mol. The first-order valence-corrected chi connectivity index (χ1v) is 17.4. The van der Waals surface area contributed by atoms with E-state index >= 15 is 0 Å². The lowest BCUT2D eigenvalue weighted by Crippen LogP contribution is -2.57. The number of nitrogens with two attached hydrogens (primary N) is 4. The molecule has 4 amide bonds. The molecule has 1 saturated carbocycles. The zero-order chi connectivity index (χ0) is 34.6. The molecule has 0 spiro atoms. The Bertz CT molecular complexity index is 1180. The van der Waals surface area contributed by atoms with Gasteiger partial charge in [-0.25, -0.2) is 0 Å². The maximum absolute atomic E-state index is 13.6. The van der Waals surface area contributed by atoms with E-state index in [2.05, 4.69) is 26.3 Å². The number of carbonyl (C=O) groups excluding carboxylic acids is 4. The largest absolute Gasteiger partial charge is 0.370 e. The van der Waals surface area contributed by atoms with Crippen LogP contribution in [0.1, 0.15) is 82.6 Å². The van der Waals surface area contributed by atoms with Crippen molar-refractivity contribution in [3.63, 3.8) is 0 Å². The van der Waals surface area contributed by atoms with Crippen molar-refractivity contribution in [2.45, 2.75) is 102 Å². The smallest absolute Gasteiger partial charge is 0.243 e. The fourth-order valence-corrected chi connectivity index (χ4v) is 5.82. The Morgan fingerprint density at radius 2 is 1.34 bits per heavy atom. The van der Waals surface area contributed by atoms with E-state index < -0.39 is 35.8 Å². The van der Waals surface area contributed by atoms with Crippen LogP contribution in [0, 0.1) is 5.92 Å². The maximum Gasteiger partial charge on any atom is 0.243 e. The molecule has 2 rings (SSSR count). The summed E-state index contributed by atoms with van der Waals surface area (Å²) >= 11 is 12.1. The third-order valence-corrected chi connectivity index (χ3v) is 8.90.